The number of nitrogens with one attached hydrogen (secondary N) is 1. The molecular weight excluding hydrogens is 274 g/mol. The molecule has 0 aliphatic rings. The van der Waals surface area contributed by atoms with Gasteiger partial charge >= 0.3 is 0 Å². The number of amides is 1. The zero-order valence-corrected chi connectivity index (χ0v) is 14.1. The van der Waals surface area contributed by atoms with Crippen LogP contribution in [0.15, 0.2) is 0 Å². The number of rotatable bonds is 13. The highest BCUT2D eigenvalue weighted by atomic mass is 16.7. The van der Waals surface area contributed by atoms with Crippen LogP contribution in [0.1, 0.15) is 40.0 Å². The van der Waals surface area contributed by atoms with E-state index in [0.717, 1.165) is 13.0 Å². The first kappa shape index (κ1) is 20.3. The second kappa shape index (κ2) is 11.9. The maximum Gasteiger partial charge on any atom is 0.220 e. The van der Waals surface area contributed by atoms with Gasteiger partial charge in [0.15, 0.2) is 6.29 Å². The first-order chi connectivity index (χ1) is 9.95. The molecule has 6 nitrogen and oxygen atoms in total. The smallest absolute Gasteiger partial charge is 0.220 e. The Balaban J connectivity index is 3.66. The van der Waals surface area contributed by atoms with Crippen LogP contribution in [0.3, 0.4) is 0 Å². The van der Waals surface area contributed by atoms with E-state index in [1.54, 1.807) is 14.2 Å². The van der Waals surface area contributed by atoms with Crippen LogP contribution in [-0.2, 0) is 23.7 Å². The van der Waals surface area contributed by atoms with E-state index in [1.165, 1.54) is 0 Å². The molecule has 6 heteroatoms. The highest BCUT2D eigenvalue weighted by Gasteiger charge is 2.18. The van der Waals surface area contributed by atoms with Gasteiger partial charge in [-0.2, -0.15) is 0 Å². The highest BCUT2D eigenvalue weighted by molar-refractivity contribution is 5.75. The molecular formula is C15H31NO5. The average Bonchev–Trinajstić information content (AvgIpc) is 2.45. The molecule has 0 spiro atoms. The Morgan fingerprint density at radius 3 is 2.43 bits per heavy atom. The summed E-state index contributed by atoms with van der Waals surface area (Å²) in [5, 5.41) is 2.76. The molecule has 0 bridgehead atoms. The summed E-state index contributed by atoms with van der Waals surface area (Å²) in [4.78, 5) is 11.6. The second-order valence-electron chi connectivity index (χ2n) is 5.36. The summed E-state index contributed by atoms with van der Waals surface area (Å²) in [7, 11) is 3.08. The Morgan fingerprint density at radius 2 is 1.86 bits per heavy atom. The van der Waals surface area contributed by atoms with Gasteiger partial charge in [-0.1, -0.05) is 0 Å². The lowest BCUT2D eigenvalue weighted by atomic mass is 10.1. The quantitative estimate of drug-likeness (QED) is 0.414. The van der Waals surface area contributed by atoms with Crippen LogP contribution in [0.25, 0.3) is 0 Å². The topological polar surface area (TPSA) is 66.0 Å². The molecule has 0 unspecified atom stereocenters. The van der Waals surface area contributed by atoms with Crippen molar-refractivity contribution in [1.82, 2.24) is 5.32 Å². The van der Waals surface area contributed by atoms with Gasteiger partial charge in [0.1, 0.15) is 0 Å². The van der Waals surface area contributed by atoms with Gasteiger partial charge in [0.05, 0.1) is 12.1 Å². The van der Waals surface area contributed by atoms with Gasteiger partial charge in [0, 0.05) is 40.5 Å². The molecule has 0 radical (unpaired) electrons. The molecule has 0 heterocycles. The van der Waals surface area contributed by atoms with E-state index in [1.807, 2.05) is 20.8 Å². The summed E-state index contributed by atoms with van der Waals surface area (Å²) >= 11 is 0. The Labute approximate surface area is 128 Å². The Kier molecular flexibility index (Phi) is 11.5. The lowest BCUT2D eigenvalue weighted by Gasteiger charge is -2.25. The molecule has 0 saturated heterocycles. The molecule has 126 valence electrons. The molecule has 1 amide bonds. The summed E-state index contributed by atoms with van der Waals surface area (Å²) < 4.78 is 21.1. The number of hydrogen-bond acceptors (Lipinski definition) is 5. The minimum absolute atomic E-state index is 0.0233. The molecule has 0 aromatic heterocycles. The van der Waals surface area contributed by atoms with Crippen molar-refractivity contribution >= 4 is 5.91 Å². The lowest BCUT2D eigenvalue weighted by Crippen LogP contribution is -2.34. The Bertz CT molecular complexity index is 267. The van der Waals surface area contributed by atoms with Gasteiger partial charge in [-0.25, -0.2) is 0 Å². The molecule has 0 rings (SSSR count). The molecule has 1 N–H and O–H groups in total. The fourth-order valence-electron chi connectivity index (χ4n) is 1.66. The fraction of sp³-hybridized carbons (Fsp3) is 0.933. The zero-order chi connectivity index (χ0) is 16.1. The first-order valence-corrected chi connectivity index (χ1v) is 7.49. The van der Waals surface area contributed by atoms with Crippen molar-refractivity contribution in [2.75, 3.05) is 40.6 Å². The predicted octanol–water partition coefficient (Wildman–Crippen LogP) is 1.72. The predicted molar refractivity (Wildman–Crippen MR) is 81.2 cm³/mol. The van der Waals surface area contributed by atoms with Crippen molar-refractivity contribution in [2.24, 2.45) is 0 Å². The van der Waals surface area contributed by atoms with E-state index < -0.39 is 6.29 Å². The molecule has 0 aliphatic carbocycles. The third-order valence-corrected chi connectivity index (χ3v) is 3.09. The number of ether oxygens (including phenoxy) is 4. The molecule has 0 aromatic rings. The highest BCUT2D eigenvalue weighted by Crippen LogP contribution is 2.15. The van der Waals surface area contributed by atoms with Crippen LogP contribution in [-0.4, -0.2) is 58.4 Å². The summed E-state index contributed by atoms with van der Waals surface area (Å²) in [6.45, 7) is 8.38. The van der Waals surface area contributed by atoms with E-state index in [-0.39, 0.29) is 11.5 Å². The van der Waals surface area contributed by atoms with Crippen LogP contribution in [0.2, 0.25) is 0 Å². The van der Waals surface area contributed by atoms with Crippen molar-refractivity contribution < 1.29 is 23.7 Å². The number of carbonyl (C=O) groups excluding carboxylic acids is 1. The molecule has 0 aromatic carbocycles. The van der Waals surface area contributed by atoms with Gasteiger partial charge in [0.25, 0.3) is 0 Å². The maximum absolute atomic E-state index is 11.6. The van der Waals surface area contributed by atoms with Crippen molar-refractivity contribution in [3.05, 3.63) is 0 Å². The standard InChI is InChI=1S/C15H31NO5/c1-6-20-11-9-15(2,3)21-10-7-8-13(17)16-12-14(18-4)19-5/h14H,6-12H2,1-5H3,(H,16,17). The average molecular weight is 305 g/mol. The minimum Gasteiger partial charge on any atom is -0.382 e. The van der Waals surface area contributed by atoms with Gasteiger partial charge in [-0.15, -0.1) is 0 Å². The summed E-state index contributed by atoms with van der Waals surface area (Å²) in [5.41, 5.74) is -0.219. The van der Waals surface area contributed by atoms with Crippen molar-refractivity contribution in [3.63, 3.8) is 0 Å². The monoisotopic (exact) mass is 305 g/mol. The van der Waals surface area contributed by atoms with E-state index in [2.05, 4.69) is 5.32 Å². The van der Waals surface area contributed by atoms with E-state index in [4.69, 9.17) is 18.9 Å². The van der Waals surface area contributed by atoms with Crippen LogP contribution in [0.5, 0.6) is 0 Å². The largest absolute Gasteiger partial charge is 0.382 e. The molecule has 21 heavy (non-hydrogen) atoms. The minimum atomic E-state index is -0.400. The summed E-state index contributed by atoms with van der Waals surface area (Å²) in [5.74, 6) is -0.0233. The van der Waals surface area contributed by atoms with E-state index >= 15 is 0 Å². The summed E-state index contributed by atoms with van der Waals surface area (Å²) in [6, 6.07) is 0. The van der Waals surface area contributed by atoms with Gasteiger partial charge < -0.3 is 24.3 Å². The van der Waals surface area contributed by atoms with Gasteiger partial charge in [-0.05, 0) is 33.6 Å². The number of methoxy groups -OCH3 is 2. The molecule has 0 fully saturated rings. The van der Waals surface area contributed by atoms with Crippen LogP contribution < -0.4 is 5.32 Å². The third-order valence-electron chi connectivity index (χ3n) is 3.09. The molecule has 0 aliphatic heterocycles. The summed E-state index contributed by atoms with van der Waals surface area (Å²) in [6.07, 6.45) is 1.56. The molecule has 0 atom stereocenters. The first-order valence-electron chi connectivity index (χ1n) is 7.49. The van der Waals surface area contributed by atoms with Gasteiger partial charge in [0.2, 0.25) is 5.91 Å². The van der Waals surface area contributed by atoms with Crippen LogP contribution in [0, 0.1) is 0 Å². The van der Waals surface area contributed by atoms with E-state index in [9.17, 15) is 4.79 Å². The number of carbonyl (C=O) groups is 1. The Morgan fingerprint density at radius 1 is 1.19 bits per heavy atom. The second-order valence-corrected chi connectivity index (χ2v) is 5.36. The normalized spacial score (nSPS) is 11.9. The van der Waals surface area contributed by atoms with Gasteiger partial charge in [-0.3, -0.25) is 4.79 Å². The SMILES string of the molecule is CCOCCC(C)(C)OCCCC(=O)NCC(OC)OC. The third kappa shape index (κ3) is 11.6. The fourth-order valence-corrected chi connectivity index (χ4v) is 1.66. The Hall–Kier alpha value is -0.690. The van der Waals surface area contributed by atoms with Crippen molar-refractivity contribution in [2.45, 2.75) is 51.9 Å². The van der Waals surface area contributed by atoms with Crippen molar-refractivity contribution in [3.8, 4) is 0 Å². The number of hydrogen-bond donors (Lipinski definition) is 1. The lowest BCUT2D eigenvalue weighted by molar-refractivity contribution is -0.128. The zero-order valence-electron chi connectivity index (χ0n) is 14.1. The van der Waals surface area contributed by atoms with Crippen molar-refractivity contribution in [1.29, 1.82) is 0 Å². The van der Waals surface area contributed by atoms with E-state index in [0.29, 0.717) is 32.6 Å². The van der Waals surface area contributed by atoms with Crippen LogP contribution >= 0.6 is 0 Å². The maximum atomic E-state index is 11.6. The van der Waals surface area contributed by atoms with Crippen LogP contribution in [0.4, 0.5) is 0 Å². The molecule has 0 saturated carbocycles.